The van der Waals surface area contributed by atoms with Crippen LogP contribution in [0.15, 0.2) is 59.5 Å². The highest BCUT2D eigenvalue weighted by Gasteiger charge is 2.45. The Balaban J connectivity index is 2.15. The lowest BCUT2D eigenvalue weighted by Gasteiger charge is -2.20. The van der Waals surface area contributed by atoms with Crippen molar-refractivity contribution in [2.24, 2.45) is 0 Å². The van der Waals surface area contributed by atoms with Crippen LogP contribution in [0.4, 0.5) is 13.2 Å². The van der Waals surface area contributed by atoms with Crippen LogP contribution in [0, 0.1) is 6.92 Å². The number of halogens is 3. The van der Waals surface area contributed by atoms with E-state index in [0.29, 0.717) is 5.56 Å². The topological polar surface area (TPSA) is 52.6 Å². The molecule has 0 saturated heterocycles. The highest BCUT2D eigenvalue weighted by atomic mass is 32.2. The molecule has 2 rings (SSSR count). The van der Waals surface area contributed by atoms with Gasteiger partial charge in [-0.2, -0.15) is 21.6 Å². The molecule has 8 heteroatoms. The maximum absolute atomic E-state index is 13.0. The Labute approximate surface area is 138 Å². The summed E-state index contributed by atoms with van der Waals surface area (Å²) < 4.78 is 72.0. The first kappa shape index (κ1) is 18.4. The Hall–Kier alpha value is -1.90. The molecule has 0 unspecified atom stereocenters. The zero-order valence-corrected chi connectivity index (χ0v) is 13.5. The second-order valence-electron chi connectivity index (χ2n) is 5.03. The second kappa shape index (κ2) is 7.33. The maximum Gasteiger partial charge on any atom is 0.441 e. The molecule has 130 valence electrons. The highest BCUT2D eigenvalue weighted by molar-refractivity contribution is 7.86. The molecule has 0 aliphatic carbocycles. The van der Waals surface area contributed by atoms with Gasteiger partial charge in [0.1, 0.15) is 0 Å². The van der Waals surface area contributed by atoms with Crippen molar-refractivity contribution >= 4 is 10.1 Å². The van der Waals surface area contributed by atoms with Gasteiger partial charge in [-0.1, -0.05) is 48.0 Å². The Morgan fingerprint density at radius 2 is 1.58 bits per heavy atom. The zero-order chi connectivity index (χ0) is 17.8. The van der Waals surface area contributed by atoms with Crippen LogP contribution >= 0.6 is 0 Å². The molecule has 2 aromatic rings. The molecule has 0 N–H and O–H groups in total. The molecule has 0 bridgehead atoms. The molecule has 0 radical (unpaired) electrons. The standard InChI is InChI=1S/C16H15F3O4S/c1-12-7-9-14(10-8-12)24(20,21)23-15(16(17,18)19)22-11-13-5-3-2-4-6-13/h2-10,15H,11H2,1H3/t15-/m0/s1. The Morgan fingerprint density at radius 1 is 1.00 bits per heavy atom. The Bertz CT molecular complexity index is 756. The number of aryl methyl sites for hydroxylation is 1. The molecule has 1 atom stereocenters. The number of ether oxygens (including phenoxy) is 1. The van der Waals surface area contributed by atoms with E-state index in [1.165, 1.54) is 24.3 Å². The van der Waals surface area contributed by atoms with Crippen molar-refractivity contribution in [3.8, 4) is 0 Å². The molecular weight excluding hydrogens is 345 g/mol. The number of hydrogen-bond acceptors (Lipinski definition) is 4. The van der Waals surface area contributed by atoms with Gasteiger partial charge in [0.25, 0.3) is 16.4 Å². The first-order valence-corrected chi connectivity index (χ1v) is 8.31. The minimum Gasteiger partial charge on any atom is -0.339 e. The highest BCUT2D eigenvalue weighted by Crippen LogP contribution is 2.28. The summed E-state index contributed by atoms with van der Waals surface area (Å²) in [5, 5.41) is 0. The van der Waals surface area contributed by atoms with Crippen molar-refractivity contribution in [3.63, 3.8) is 0 Å². The number of benzene rings is 2. The van der Waals surface area contributed by atoms with Gasteiger partial charge in [-0.3, -0.25) is 0 Å². The predicted octanol–water partition coefficient (Wildman–Crippen LogP) is 3.81. The van der Waals surface area contributed by atoms with Crippen LogP contribution < -0.4 is 0 Å². The van der Waals surface area contributed by atoms with E-state index in [1.807, 2.05) is 0 Å². The van der Waals surface area contributed by atoms with Crippen molar-refractivity contribution in [1.29, 1.82) is 0 Å². The van der Waals surface area contributed by atoms with Gasteiger partial charge in [-0.05, 0) is 24.6 Å². The lowest BCUT2D eigenvalue weighted by Crippen LogP contribution is -2.36. The van der Waals surface area contributed by atoms with E-state index in [2.05, 4.69) is 8.92 Å². The molecule has 0 spiro atoms. The van der Waals surface area contributed by atoms with Gasteiger partial charge in [0.05, 0.1) is 11.5 Å². The zero-order valence-electron chi connectivity index (χ0n) is 12.7. The summed E-state index contributed by atoms with van der Waals surface area (Å²) in [5.74, 6) is 0. The first-order valence-electron chi connectivity index (χ1n) is 6.91. The summed E-state index contributed by atoms with van der Waals surface area (Å²) in [5.41, 5.74) is 1.23. The molecule has 0 aromatic heterocycles. The Morgan fingerprint density at radius 3 is 2.12 bits per heavy atom. The van der Waals surface area contributed by atoms with Crippen molar-refractivity contribution in [1.82, 2.24) is 0 Å². The third-order valence-corrected chi connectivity index (χ3v) is 4.31. The fourth-order valence-corrected chi connectivity index (χ4v) is 2.77. The largest absolute Gasteiger partial charge is 0.441 e. The van der Waals surface area contributed by atoms with E-state index in [1.54, 1.807) is 37.3 Å². The van der Waals surface area contributed by atoms with Crippen LogP contribution in [0.3, 0.4) is 0 Å². The van der Waals surface area contributed by atoms with Gasteiger partial charge < -0.3 is 4.74 Å². The fourth-order valence-electron chi connectivity index (χ4n) is 1.80. The average Bonchev–Trinajstić information content (AvgIpc) is 2.52. The molecule has 4 nitrogen and oxygen atoms in total. The molecular formula is C16H15F3O4S. The van der Waals surface area contributed by atoms with Crippen LogP contribution in [-0.2, 0) is 25.6 Å². The molecule has 0 heterocycles. The first-order chi connectivity index (χ1) is 11.2. The lowest BCUT2D eigenvalue weighted by molar-refractivity contribution is -0.284. The second-order valence-corrected chi connectivity index (χ2v) is 6.61. The SMILES string of the molecule is Cc1ccc(S(=O)(=O)O[C@H](OCc2ccccc2)C(F)(F)F)cc1. The molecule has 2 aromatic carbocycles. The molecule has 0 fully saturated rings. The van der Waals surface area contributed by atoms with Crippen molar-refractivity contribution in [2.45, 2.75) is 30.9 Å². The molecule has 0 aliphatic heterocycles. The van der Waals surface area contributed by atoms with Gasteiger partial charge in [0, 0.05) is 0 Å². The molecule has 0 aliphatic rings. The summed E-state index contributed by atoms with van der Waals surface area (Å²) in [6, 6.07) is 13.3. The number of hydrogen-bond donors (Lipinski definition) is 0. The quantitative estimate of drug-likeness (QED) is 0.581. The van der Waals surface area contributed by atoms with E-state index in [-0.39, 0.29) is 4.90 Å². The molecule has 0 amide bonds. The normalized spacial score (nSPS) is 13.7. The van der Waals surface area contributed by atoms with E-state index < -0.39 is 29.2 Å². The van der Waals surface area contributed by atoms with Crippen LogP contribution in [-0.4, -0.2) is 20.9 Å². The molecule has 0 saturated carbocycles. The average molecular weight is 360 g/mol. The number of rotatable bonds is 6. The van der Waals surface area contributed by atoms with Gasteiger partial charge in [0.15, 0.2) is 0 Å². The maximum atomic E-state index is 13.0. The lowest BCUT2D eigenvalue weighted by atomic mass is 10.2. The van der Waals surface area contributed by atoms with Crippen LogP contribution in [0.5, 0.6) is 0 Å². The predicted molar refractivity (Wildman–Crippen MR) is 80.5 cm³/mol. The summed E-state index contributed by atoms with van der Waals surface area (Å²) in [4.78, 5) is -0.370. The van der Waals surface area contributed by atoms with Crippen molar-refractivity contribution < 1.29 is 30.5 Å². The van der Waals surface area contributed by atoms with Gasteiger partial charge >= 0.3 is 6.18 Å². The van der Waals surface area contributed by atoms with Crippen LogP contribution in [0.25, 0.3) is 0 Å². The van der Waals surface area contributed by atoms with E-state index >= 15 is 0 Å². The van der Waals surface area contributed by atoms with Crippen LogP contribution in [0.2, 0.25) is 0 Å². The van der Waals surface area contributed by atoms with E-state index in [9.17, 15) is 21.6 Å². The van der Waals surface area contributed by atoms with Gasteiger partial charge in [-0.25, -0.2) is 4.18 Å². The summed E-state index contributed by atoms with van der Waals surface area (Å²) in [7, 11) is -4.61. The summed E-state index contributed by atoms with van der Waals surface area (Å²) in [6.45, 7) is 1.28. The van der Waals surface area contributed by atoms with Crippen molar-refractivity contribution in [2.75, 3.05) is 0 Å². The minimum absolute atomic E-state index is 0.370. The Kier molecular flexibility index (Phi) is 5.63. The monoisotopic (exact) mass is 360 g/mol. The summed E-state index contributed by atoms with van der Waals surface area (Å²) >= 11 is 0. The number of alkyl halides is 3. The fraction of sp³-hybridized carbons (Fsp3) is 0.250. The third kappa shape index (κ3) is 5.05. The van der Waals surface area contributed by atoms with Crippen LogP contribution in [0.1, 0.15) is 11.1 Å². The van der Waals surface area contributed by atoms with Gasteiger partial charge in [0.2, 0.25) is 0 Å². The van der Waals surface area contributed by atoms with E-state index in [0.717, 1.165) is 5.56 Å². The van der Waals surface area contributed by atoms with Gasteiger partial charge in [-0.15, -0.1) is 0 Å². The third-order valence-electron chi connectivity index (χ3n) is 3.04. The minimum atomic E-state index is -4.99. The summed E-state index contributed by atoms with van der Waals surface area (Å²) in [6.07, 6.45) is -7.88. The van der Waals surface area contributed by atoms with Crippen molar-refractivity contribution in [3.05, 3.63) is 65.7 Å². The van der Waals surface area contributed by atoms with E-state index in [4.69, 9.17) is 0 Å². The molecule has 24 heavy (non-hydrogen) atoms. The smallest absolute Gasteiger partial charge is 0.339 e.